The maximum Gasteiger partial charge on any atom is 0.264 e. The van der Waals surface area contributed by atoms with Gasteiger partial charge in [-0.2, -0.15) is 0 Å². The number of aryl methyl sites for hydroxylation is 2. The predicted octanol–water partition coefficient (Wildman–Crippen LogP) is 2.54. The van der Waals surface area contributed by atoms with Gasteiger partial charge in [0.25, 0.3) is 10.0 Å². The minimum absolute atomic E-state index is 0.00699. The second-order valence-electron chi connectivity index (χ2n) is 7.90. The Labute approximate surface area is 192 Å². The highest BCUT2D eigenvalue weighted by Crippen LogP contribution is 2.23. The number of piperidine rings is 1. The zero-order chi connectivity index (χ0) is 23.4. The van der Waals surface area contributed by atoms with E-state index in [2.05, 4.69) is 34.9 Å². The van der Waals surface area contributed by atoms with Crippen molar-refractivity contribution in [3.05, 3.63) is 60.2 Å². The first kappa shape index (κ1) is 22.6. The highest BCUT2D eigenvalue weighted by molar-refractivity contribution is 7.92. The Hall–Kier alpha value is -3.60. The summed E-state index contributed by atoms with van der Waals surface area (Å²) in [5.41, 5.74) is 2.39. The lowest BCUT2D eigenvalue weighted by Gasteiger charge is -2.31. The van der Waals surface area contributed by atoms with Gasteiger partial charge in [-0.05, 0) is 63.1 Å². The summed E-state index contributed by atoms with van der Waals surface area (Å²) >= 11 is 0. The Morgan fingerprint density at radius 2 is 1.61 bits per heavy atom. The van der Waals surface area contributed by atoms with E-state index in [0.717, 1.165) is 11.4 Å². The normalized spacial score (nSPS) is 14.7. The lowest BCUT2D eigenvalue weighted by molar-refractivity contribution is -0.120. The van der Waals surface area contributed by atoms with Crippen molar-refractivity contribution in [1.82, 2.24) is 19.9 Å². The molecule has 3 heterocycles. The van der Waals surface area contributed by atoms with Crippen molar-refractivity contribution in [2.45, 2.75) is 31.6 Å². The van der Waals surface area contributed by atoms with E-state index in [9.17, 15) is 13.2 Å². The number of sulfonamides is 1. The molecule has 11 heteroatoms. The van der Waals surface area contributed by atoms with Gasteiger partial charge in [-0.1, -0.05) is 0 Å². The van der Waals surface area contributed by atoms with Gasteiger partial charge >= 0.3 is 0 Å². The lowest BCUT2D eigenvalue weighted by Crippen LogP contribution is -2.39. The van der Waals surface area contributed by atoms with E-state index in [0.29, 0.717) is 37.6 Å². The average Bonchev–Trinajstić information content (AvgIpc) is 2.79. The van der Waals surface area contributed by atoms with Crippen LogP contribution in [0.4, 0.5) is 17.6 Å². The zero-order valence-corrected chi connectivity index (χ0v) is 19.2. The molecule has 1 fully saturated rings. The van der Waals surface area contributed by atoms with Crippen molar-refractivity contribution in [3.63, 3.8) is 0 Å². The van der Waals surface area contributed by atoms with E-state index < -0.39 is 10.0 Å². The number of rotatable bonds is 6. The van der Waals surface area contributed by atoms with E-state index in [1.165, 1.54) is 24.5 Å². The number of nitrogens with zero attached hydrogens (tertiary/aromatic N) is 5. The molecule has 0 atom stereocenters. The first-order valence-corrected chi connectivity index (χ1v) is 12.1. The van der Waals surface area contributed by atoms with Gasteiger partial charge in [0.05, 0.1) is 4.90 Å². The monoisotopic (exact) mass is 467 g/mol. The SMILES string of the molecule is Cc1cc(C)nc(N2CCC(C(=O)Nc3ccc(S(=O)(=O)Nc4ncccn4)cc3)CC2)n1. The van der Waals surface area contributed by atoms with Crippen LogP contribution in [0.2, 0.25) is 0 Å². The number of hydrogen-bond acceptors (Lipinski definition) is 8. The topological polar surface area (TPSA) is 130 Å². The van der Waals surface area contributed by atoms with E-state index in [1.807, 2.05) is 19.9 Å². The molecule has 1 aromatic carbocycles. The van der Waals surface area contributed by atoms with Gasteiger partial charge in [-0.3, -0.25) is 4.79 Å². The molecule has 2 aromatic heterocycles. The van der Waals surface area contributed by atoms with Gasteiger partial charge in [0.15, 0.2) is 0 Å². The highest BCUT2D eigenvalue weighted by atomic mass is 32.2. The molecule has 172 valence electrons. The van der Waals surface area contributed by atoms with Gasteiger partial charge in [0.1, 0.15) is 0 Å². The fourth-order valence-corrected chi connectivity index (χ4v) is 4.64. The molecule has 0 spiro atoms. The van der Waals surface area contributed by atoms with Crippen LogP contribution in [-0.4, -0.2) is 47.4 Å². The molecule has 10 nitrogen and oxygen atoms in total. The standard InChI is InChI=1S/C22H25N7O3S/c1-15-14-16(2)26-22(25-15)29-12-8-17(9-13-29)20(30)27-18-4-6-19(7-5-18)33(31,32)28-21-23-10-3-11-24-21/h3-7,10-11,14,17H,8-9,12-13H2,1-2H3,(H,27,30)(H,23,24,28). The molecule has 0 aliphatic carbocycles. The predicted molar refractivity (Wildman–Crippen MR) is 124 cm³/mol. The number of aromatic nitrogens is 4. The lowest BCUT2D eigenvalue weighted by atomic mass is 9.96. The van der Waals surface area contributed by atoms with Crippen molar-refractivity contribution in [2.24, 2.45) is 5.92 Å². The van der Waals surface area contributed by atoms with E-state index >= 15 is 0 Å². The van der Waals surface area contributed by atoms with Crippen molar-refractivity contribution in [2.75, 3.05) is 28.0 Å². The Balaban J connectivity index is 1.33. The summed E-state index contributed by atoms with van der Waals surface area (Å²) < 4.78 is 27.3. The molecule has 1 aliphatic heterocycles. The van der Waals surface area contributed by atoms with Gasteiger partial charge in [0, 0.05) is 48.5 Å². The van der Waals surface area contributed by atoms with Gasteiger partial charge in [-0.15, -0.1) is 0 Å². The first-order chi connectivity index (χ1) is 15.8. The second-order valence-corrected chi connectivity index (χ2v) is 9.59. The zero-order valence-electron chi connectivity index (χ0n) is 18.4. The molecule has 3 aromatic rings. The Morgan fingerprint density at radius 3 is 2.21 bits per heavy atom. The molecule has 33 heavy (non-hydrogen) atoms. The van der Waals surface area contributed by atoms with E-state index in [4.69, 9.17) is 0 Å². The van der Waals surface area contributed by atoms with Crippen molar-refractivity contribution < 1.29 is 13.2 Å². The number of hydrogen-bond donors (Lipinski definition) is 2. The number of nitrogens with one attached hydrogen (secondary N) is 2. The molecule has 1 amide bonds. The van der Waals surface area contributed by atoms with Crippen LogP contribution in [0.15, 0.2) is 53.7 Å². The number of amides is 1. The average molecular weight is 468 g/mol. The number of benzene rings is 1. The van der Waals surface area contributed by atoms with Crippen molar-refractivity contribution >= 4 is 33.5 Å². The molecular formula is C22H25N7O3S. The molecule has 0 radical (unpaired) electrons. The number of anilines is 3. The first-order valence-electron chi connectivity index (χ1n) is 10.6. The minimum Gasteiger partial charge on any atom is -0.341 e. The summed E-state index contributed by atoms with van der Waals surface area (Å²) in [6, 6.07) is 9.53. The molecule has 0 saturated carbocycles. The quantitative estimate of drug-likeness (QED) is 0.566. The summed E-state index contributed by atoms with van der Waals surface area (Å²) in [5, 5.41) is 2.88. The van der Waals surface area contributed by atoms with Crippen LogP contribution in [0.3, 0.4) is 0 Å². The van der Waals surface area contributed by atoms with Crippen LogP contribution in [0, 0.1) is 19.8 Å². The van der Waals surface area contributed by atoms with Crippen molar-refractivity contribution in [1.29, 1.82) is 0 Å². The van der Waals surface area contributed by atoms with E-state index in [-0.39, 0.29) is 22.7 Å². The van der Waals surface area contributed by atoms with Crippen LogP contribution < -0.4 is 14.9 Å². The van der Waals surface area contributed by atoms with Crippen LogP contribution in [0.25, 0.3) is 0 Å². The van der Waals surface area contributed by atoms with Gasteiger partial charge in [0.2, 0.25) is 17.8 Å². The third kappa shape index (κ3) is 5.61. The Kier molecular flexibility index (Phi) is 6.50. The summed E-state index contributed by atoms with van der Waals surface area (Å²) in [4.78, 5) is 31.6. The van der Waals surface area contributed by atoms with Crippen molar-refractivity contribution in [3.8, 4) is 0 Å². The molecule has 0 unspecified atom stereocenters. The molecule has 1 aliphatic rings. The third-order valence-corrected chi connectivity index (χ3v) is 6.69. The fourth-order valence-electron chi connectivity index (χ4n) is 3.68. The van der Waals surface area contributed by atoms with Gasteiger partial charge < -0.3 is 10.2 Å². The van der Waals surface area contributed by atoms with E-state index in [1.54, 1.807) is 18.2 Å². The fraction of sp³-hybridized carbons (Fsp3) is 0.318. The maximum absolute atomic E-state index is 12.7. The third-order valence-electron chi connectivity index (χ3n) is 5.34. The van der Waals surface area contributed by atoms with Gasteiger partial charge in [-0.25, -0.2) is 33.1 Å². The summed E-state index contributed by atoms with van der Waals surface area (Å²) in [5.74, 6) is 0.486. The summed E-state index contributed by atoms with van der Waals surface area (Å²) in [6.45, 7) is 5.29. The molecule has 4 rings (SSSR count). The summed E-state index contributed by atoms with van der Waals surface area (Å²) in [6.07, 6.45) is 4.27. The number of carbonyl (C=O) groups is 1. The largest absolute Gasteiger partial charge is 0.341 e. The Bertz CT molecular complexity index is 1210. The van der Waals surface area contributed by atoms with Crippen LogP contribution >= 0.6 is 0 Å². The van der Waals surface area contributed by atoms with Crippen LogP contribution in [0.1, 0.15) is 24.2 Å². The maximum atomic E-state index is 12.7. The second kappa shape index (κ2) is 9.49. The Morgan fingerprint density at radius 1 is 1.00 bits per heavy atom. The summed E-state index contributed by atoms with van der Waals surface area (Å²) in [7, 11) is -3.82. The number of carbonyl (C=O) groups excluding carboxylic acids is 1. The van der Waals surface area contributed by atoms with Crippen LogP contribution in [-0.2, 0) is 14.8 Å². The smallest absolute Gasteiger partial charge is 0.264 e. The molecule has 0 bridgehead atoms. The minimum atomic E-state index is -3.82. The highest BCUT2D eigenvalue weighted by Gasteiger charge is 2.26. The molecule has 2 N–H and O–H groups in total. The molecular weight excluding hydrogens is 442 g/mol. The molecule has 1 saturated heterocycles. The van der Waals surface area contributed by atoms with Crippen LogP contribution in [0.5, 0.6) is 0 Å².